The molecule has 1 amide bonds. The number of ketones is 1. The molecule has 0 aromatic carbocycles. The first-order chi connectivity index (χ1) is 13.5. The van der Waals surface area contributed by atoms with Crippen LogP contribution in [0.2, 0.25) is 0 Å². The van der Waals surface area contributed by atoms with Gasteiger partial charge in [-0.25, -0.2) is 0 Å². The number of amides is 1. The number of aromatic nitrogens is 2. The van der Waals surface area contributed by atoms with E-state index in [0.717, 1.165) is 9.35 Å². The smallest absolute Gasteiger partial charge is 0.302 e. The molecule has 1 saturated heterocycles. The summed E-state index contributed by atoms with van der Waals surface area (Å²) in [4.78, 5) is 39.0. The van der Waals surface area contributed by atoms with Crippen molar-refractivity contribution in [3.8, 4) is 0 Å². The number of ether oxygens (including phenoxy) is 2. The molecule has 3 atom stereocenters. The summed E-state index contributed by atoms with van der Waals surface area (Å²) in [6.45, 7) is 8.53. The Morgan fingerprint density at radius 3 is 2.48 bits per heavy atom. The van der Waals surface area contributed by atoms with E-state index in [1.807, 2.05) is 6.92 Å². The van der Waals surface area contributed by atoms with Crippen molar-refractivity contribution >= 4 is 52.5 Å². The number of methoxy groups -OCH3 is 1. The van der Waals surface area contributed by atoms with E-state index in [1.54, 1.807) is 20.8 Å². The van der Waals surface area contributed by atoms with Gasteiger partial charge in [0.1, 0.15) is 17.0 Å². The molecule has 0 saturated carbocycles. The number of β-lactam (4-membered cyclic amide) rings is 1. The van der Waals surface area contributed by atoms with Crippen molar-refractivity contribution in [2.24, 2.45) is 5.41 Å². The zero-order valence-corrected chi connectivity index (χ0v) is 19.5. The summed E-state index contributed by atoms with van der Waals surface area (Å²) in [6, 6.07) is 0. The molecule has 2 aliphatic rings. The Morgan fingerprint density at radius 1 is 1.28 bits per heavy atom. The van der Waals surface area contributed by atoms with Crippen molar-refractivity contribution in [2.75, 3.05) is 13.7 Å². The molecule has 0 radical (unpaired) electrons. The van der Waals surface area contributed by atoms with Crippen LogP contribution in [-0.4, -0.2) is 62.5 Å². The largest absolute Gasteiger partial charge is 0.461 e. The lowest BCUT2D eigenvalue weighted by atomic mass is 9.85. The fourth-order valence-corrected chi connectivity index (χ4v) is 7.11. The maximum absolute atomic E-state index is 13.3. The quantitative estimate of drug-likeness (QED) is 0.471. The van der Waals surface area contributed by atoms with Crippen LogP contribution in [-0.2, 0) is 23.9 Å². The molecule has 158 valence electrons. The standard InChI is InChI=1S/C18H23N3O5S3/c1-8-19-20-17(27-8)29-16-10(7-26-9(2)22)11(13(23)18(3,4)5)21-14(24)12(25-6)15(21)28-16/h12,15-16H,7H2,1-6H3/t12-,15-,16?/m0/s1. The average Bonchev–Trinajstić information content (AvgIpc) is 3.03. The van der Waals surface area contributed by atoms with Crippen LogP contribution in [0.25, 0.3) is 0 Å². The van der Waals surface area contributed by atoms with Gasteiger partial charge in [-0.2, -0.15) is 0 Å². The first kappa shape index (κ1) is 22.3. The topological polar surface area (TPSA) is 98.7 Å². The Morgan fingerprint density at radius 2 is 1.97 bits per heavy atom. The minimum atomic E-state index is -0.712. The monoisotopic (exact) mass is 457 g/mol. The molecule has 0 N–H and O–H groups in total. The number of thioether (sulfide) groups is 2. The molecule has 0 bridgehead atoms. The van der Waals surface area contributed by atoms with Gasteiger partial charge in [-0.15, -0.1) is 22.0 Å². The highest BCUT2D eigenvalue weighted by Gasteiger charge is 2.57. The van der Waals surface area contributed by atoms with Crippen molar-refractivity contribution < 1.29 is 23.9 Å². The lowest BCUT2D eigenvalue weighted by molar-refractivity contribution is -0.160. The zero-order valence-electron chi connectivity index (χ0n) is 17.0. The summed E-state index contributed by atoms with van der Waals surface area (Å²) in [6.07, 6.45) is -0.614. The van der Waals surface area contributed by atoms with Crippen LogP contribution >= 0.6 is 34.9 Å². The average molecular weight is 458 g/mol. The number of esters is 1. The number of rotatable bonds is 6. The number of hydrogen-bond acceptors (Lipinski definition) is 10. The Labute approximate surface area is 181 Å². The van der Waals surface area contributed by atoms with Crippen LogP contribution in [0.4, 0.5) is 0 Å². The van der Waals surface area contributed by atoms with Crippen LogP contribution in [0.15, 0.2) is 15.6 Å². The summed E-state index contributed by atoms with van der Waals surface area (Å²) >= 11 is 4.39. The Hall–Kier alpha value is -1.43. The highest BCUT2D eigenvalue weighted by atomic mass is 32.2. The zero-order chi connectivity index (χ0) is 21.5. The first-order valence-electron chi connectivity index (χ1n) is 8.94. The highest BCUT2D eigenvalue weighted by Crippen LogP contribution is 2.51. The third-order valence-corrected chi connectivity index (χ3v) is 8.23. The second-order valence-corrected chi connectivity index (χ2v) is 11.7. The van der Waals surface area contributed by atoms with Crippen molar-refractivity contribution in [3.63, 3.8) is 0 Å². The van der Waals surface area contributed by atoms with Gasteiger partial charge < -0.3 is 9.47 Å². The number of Topliss-reactive ketones (excluding diaryl/α,β-unsaturated/α-hetero) is 1. The predicted molar refractivity (Wildman–Crippen MR) is 111 cm³/mol. The van der Waals surface area contributed by atoms with Crippen LogP contribution in [0.1, 0.15) is 32.7 Å². The first-order valence-corrected chi connectivity index (χ1v) is 11.6. The number of hydrogen-bond donors (Lipinski definition) is 0. The van der Waals surface area contributed by atoms with Crippen molar-refractivity contribution in [3.05, 3.63) is 16.3 Å². The summed E-state index contributed by atoms with van der Waals surface area (Å²) in [7, 11) is 1.49. The highest BCUT2D eigenvalue weighted by molar-refractivity contribution is 8.18. The normalized spacial score (nSPS) is 24.3. The summed E-state index contributed by atoms with van der Waals surface area (Å²) in [5, 5.41) is 8.73. The molecule has 1 unspecified atom stereocenters. The van der Waals surface area contributed by atoms with Crippen molar-refractivity contribution in [1.82, 2.24) is 15.1 Å². The molecule has 3 rings (SSSR count). The Balaban J connectivity index is 2.07. The van der Waals surface area contributed by atoms with E-state index in [-0.39, 0.29) is 28.3 Å². The second-order valence-electron chi connectivity index (χ2n) is 7.66. The Bertz CT molecular complexity index is 876. The van der Waals surface area contributed by atoms with E-state index in [0.29, 0.717) is 11.3 Å². The van der Waals surface area contributed by atoms with Gasteiger partial charge in [-0.1, -0.05) is 43.9 Å². The van der Waals surface area contributed by atoms with E-state index < -0.39 is 17.5 Å². The lowest BCUT2D eigenvalue weighted by Crippen LogP contribution is -2.66. The molecule has 1 aromatic rings. The molecular weight excluding hydrogens is 434 g/mol. The Kier molecular flexibility index (Phi) is 6.42. The molecule has 0 aliphatic carbocycles. The third kappa shape index (κ3) is 4.37. The van der Waals surface area contributed by atoms with E-state index in [9.17, 15) is 14.4 Å². The molecule has 29 heavy (non-hydrogen) atoms. The van der Waals surface area contributed by atoms with E-state index in [2.05, 4.69) is 10.2 Å². The second kappa shape index (κ2) is 8.37. The van der Waals surface area contributed by atoms with Gasteiger partial charge in [0.2, 0.25) is 0 Å². The van der Waals surface area contributed by atoms with Crippen LogP contribution in [0, 0.1) is 12.3 Å². The van der Waals surface area contributed by atoms with Gasteiger partial charge in [0, 0.05) is 25.0 Å². The van der Waals surface area contributed by atoms with Gasteiger partial charge in [-0.3, -0.25) is 19.3 Å². The molecular formula is C18H23N3O5S3. The number of fused-ring (bicyclic) bond motifs is 1. The summed E-state index contributed by atoms with van der Waals surface area (Å²) in [5.41, 5.74) is 0.192. The molecule has 2 aliphatic heterocycles. The van der Waals surface area contributed by atoms with E-state index in [1.165, 1.54) is 53.8 Å². The summed E-state index contributed by atoms with van der Waals surface area (Å²) in [5.74, 6) is -0.882. The SMILES string of the molecule is CO[C@H]1C(=O)N2C(C(=O)C(C)(C)C)=C(COC(C)=O)C(Sc3nnc(C)s3)S[C@@H]12. The van der Waals surface area contributed by atoms with Gasteiger partial charge in [0.25, 0.3) is 5.91 Å². The fraction of sp³-hybridized carbons (Fsp3) is 0.611. The van der Waals surface area contributed by atoms with Gasteiger partial charge in [-0.05, 0) is 6.92 Å². The number of nitrogens with zero attached hydrogens (tertiary/aromatic N) is 3. The number of allylic oxidation sites excluding steroid dienone is 1. The molecule has 11 heteroatoms. The van der Waals surface area contributed by atoms with Gasteiger partial charge >= 0.3 is 5.97 Å². The number of aryl methyl sites for hydroxylation is 1. The fourth-order valence-electron chi connectivity index (χ4n) is 2.94. The van der Waals surface area contributed by atoms with Crippen LogP contribution < -0.4 is 0 Å². The van der Waals surface area contributed by atoms with Crippen LogP contribution in [0.3, 0.4) is 0 Å². The predicted octanol–water partition coefficient (Wildman–Crippen LogP) is 2.63. The van der Waals surface area contributed by atoms with Crippen LogP contribution in [0.5, 0.6) is 0 Å². The molecule has 1 fully saturated rings. The van der Waals surface area contributed by atoms with Crippen molar-refractivity contribution in [1.29, 1.82) is 0 Å². The number of carbonyl (C=O) groups excluding carboxylic acids is 3. The molecule has 1 aromatic heterocycles. The maximum atomic E-state index is 13.3. The van der Waals surface area contributed by atoms with Gasteiger partial charge in [0.15, 0.2) is 16.2 Å². The van der Waals surface area contributed by atoms with E-state index >= 15 is 0 Å². The third-order valence-electron chi connectivity index (χ3n) is 4.38. The minimum absolute atomic E-state index is 0.0664. The molecule has 3 heterocycles. The molecule has 0 spiro atoms. The van der Waals surface area contributed by atoms with Gasteiger partial charge in [0.05, 0.1) is 10.3 Å². The minimum Gasteiger partial charge on any atom is -0.461 e. The molecule has 8 nitrogen and oxygen atoms in total. The van der Waals surface area contributed by atoms with Crippen molar-refractivity contribution in [2.45, 2.75) is 55.0 Å². The maximum Gasteiger partial charge on any atom is 0.302 e. The lowest BCUT2D eigenvalue weighted by Gasteiger charge is -2.51. The van der Waals surface area contributed by atoms with E-state index in [4.69, 9.17) is 9.47 Å². The number of carbonyl (C=O) groups is 3. The summed E-state index contributed by atoms with van der Waals surface area (Å²) < 4.78 is 11.1.